The average Bonchev–Trinajstić information content (AvgIpc) is 2.51. The van der Waals surface area contributed by atoms with Crippen molar-refractivity contribution in [2.45, 2.75) is 24.7 Å². The maximum absolute atomic E-state index is 13.0. The third-order valence-electron chi connectivity index (χ3n) is 3.84. The normalized spacial score (nSPS) is 18.8. The van der Waals surface area contributed by atoms with Crippen LogP contribution in [0, 0.1) is 11.7 Å². The molecule has 0 spiro atoms. The van der Waals surface area contributed by atoms with Gasteiger partial charge in [-0.2, -0.15) is 0 Å². The molecular weight excluding hydrogens is 482 g/mol. The molecule has 0 aliphatic carbocycles. The average molecular weight is 505 g/mol. The van der Waals surface area contributed by atoms with Gasteiger partial charge in [-0.1, -0.05) is 18.5 Å². The maximum atomic E-state index is 13.0. The Hall–Kier alpha value is -0.650. The Bertz CT molecular complexity index is 717. The van der Waals surface area contributed by atoms with E-state index in [9.17, 15) is 12.8 Å². The maximum Gasteiger partial charge on any atom is 0.242 e. The number of nitrogens with two attached hydrogens (primary N) is 1. The molecule has 25 heavy (non-hydrogen) atoms. The van der Waals surface area contributed by atoms with E-state index in [0.717, 1.165) is 37.7 Å². The van der Waals surface area contributed by atoms with Crippen LogP contribution in [0.25, 0.3) is 0 Å². The van der Waals surface area contributed by atoms with E-state index in [1.54, 1.807) is 0 Å². The standard InChI is InChI=1S/C15H22ClFN4O2S.HI/c1-11-3-2-8-21(10-11)15(18)19-6-7-20-24(22,23)14-5-4-12(17)9-13(14)16;/h4-5,9,11,20H,2-3,6-8,10H2,1H3,(H2,18,19);1H. The molecule has 1 heterocycles. The van der Waals surface area contributed by atoms with E-state index in [2.05, 4.69) is 16.6 Å². The first kappa shape index (κ1) is 22.4. The van der Waals surface area contributed by atoms with Gasteiger partial charge < -0.3 is 10.6 Å². The number of rotatable bonds is 5. The van der Waals surface area contributed by atoms with Gasteiger partial charge >= 0.3 is 0 Å². The fourth-order valence-corrected chi connectivity index (χ4v) is 4.17. The Morgan fingerprint density at radius 3 is 2.88 bits per heavy atom. The van der Waals surface area contributed by atoms with E-state index in [1.807, 2.05) is 4.90 Å². The lowest BCUT2D eigenvalue weighted by atomic mass is 10.0. The molecule has 142 valence electrons. The van der Waals surface area contributed by atoms with E-state index in [-0.39, 0.29) is 47.0 Å². The van der Waals surface area contributed by atoms with Crippen molar-refractivity contribution in [1.82, 2.24) is 9.62 Å². The SMILES string of the molecule is CC1CCCN(C(N)=NCCNS(=O)(=O)c2ccc(F)cc2Cl)C1.I. The van der Waals surface area contributed by atoms with Crippen LogP contribution in [0.1, 0.15) is 19.8 Å². The zero-order valence-corrected chi connectivity index (χ0v) is 17.8. The minimum absolute atomic E-state index is 0. The molecule has 0 saturated carbocycles. The Kier molecular flexibility index (Phi) is 8.85. The number of hydrogen-bond donors (Lipinski definition) is 2. The van der Waals surface area contributed by atoms with Crippen LogP contribution in [0.4, 0.5) is 4.39 Å². The molecule has 1 aromatic carbocycles. The first-order chi connectivity index (χ1) is 11.3. The smallest absolute Gasteiger partial charge is 0.242 e. The predicted octanol–water partition coefficient (Wildman–Crippen LogP) is 2.42. The van der Waals surface area contributed by atoms with Gasteiger partial charge in [-0.05, 0) is 37.0 Å². The lowest BCUT2D eigenvalue weighted by molar-refractivity contribution is 0.270. The van der Waals surface area contributed by atoms with Gasteiger partial charge in [0.15, 0.2) is 5.96 Å². The van der Waals surface area contributed by atoms with Gasteiger partial charge in [0.25, 0.3) is 0 Å². The van der Waals surface area contributed by atoms with Crippen LogP contribution >= 0.6 is 35.6 Å². The predicted molar refractivity (Wildman–Crippen MR) is 108 cm³/mol. The van der Waals surface area contributed by atoms with Crippen LogP contribution in [0.5, 0.6) is 0 Å². The molecule has 6 nitrogen and oxygen atoms in total. The second kappa shape index (κ2) is 9.89. The summed E-state index contributed by atoms with van der Waals surface area (Å²) in [6, 6.07) is 3.14. The Balaban J connectivity index is 0.00000312. The Labute approximate surface area is 170 Å². The van der Waals surface area contributed by atoms with E-state index in [0.29, 0.717) is 11.9 Å². The lowest BCUT2D eigenvalue weighted by Crippen LogP contribution is -2.43. The fraction of sp³-hybridized carbons (Fsp3) is 0.533. The highest BCUT2D eigenvalue weighted by Gasteiger charge is 2.19. The summed E-state index contributed by atoms with van der Waals surface area (Å²) in [6.45, 7) is 4.21. The number of nitrogens with one attached hydrogen (secondary N) is 1. The highest BCUT2D eigenvalue weighted by Crippen LogP contribution is 2.21. The Morgan fingerprint density at radius 1 is 1.52 bits per heavy atom. The van der Waals surface area contributed by atoms with E-state index in [4.69, 9.17) is 17.3 Å². The monoisotopic (exact) mass is 504 g/mol. The molecule has 1 atom stereocenters. The van der Waals surface area contributed by atoms with E-state index in [1.165, 1.54) is 6.42 Å². The van der Waals surface area contributed by atoms with Crippen molar-refractivity contribution in [3.63, 3.8) is 0 Å². The number of halogens is 3. The molecule has 0 radical (unpaired) electrons. The van der Waals surface area contributed by atoms with Crippen LogP contribution < -0.4 is 10.5 Å². The first-order valence-corrected chi connectivity index (χ1v) is 9.65. The third-order valence-corrected chi connectivity index (χ3v) is 5.79. The van der Waals surface area contributed by atoms with Gasteiger partial charge in [0.1, 0.15) is 10.7 Å². The molecule has 0 aromatic heterocycles. The number of likely N-dealkylation sites (tertiary alicyclic amines) is 1. The summed E-state index contributed by atoms with van der Waals surface area (Å²) in [6.07, 6.45) is 2.26. The molecule has 0 amide bonds. The third kappa shape index (κ3) is 6.54. The molecule has 2 rings (SSSR count). The number of guanidine groups is 1. The van der Waals surface area contributed by atoms with Crippen LogP contribution in [-0.2, 0) is 10.0 Å². The van der Waals surface area contributed by atoms with Gasteiger partial charge in [-0.3, -0.25) is 4.99 Å². The fourth-order valence-electron chi connectivity index (χ4n) is 2.62. The number of hydrogen-bond acceptors (Lipinski definition) is 3. The molecule has 3 N–H and O–H groups in total. The van der Waals surface area contributed by atoms with E-state index < -0.39 is 15.8 Å². The summed E-state index contributed by atoms with van der Waals surface area (Å²) in [5, 5.41) is -0.159. The van der Waals surface area contributed by atoms with Crippen molar-refractivity contribution in [3.8, 4) is 0 Å². The summed E-state index contributed by atoms with van der Waals surface area (Å²) in [5.74, 6) is 0.416. The van der Waals surface area contributed by atoms with Crippen molar-refractivity contribution in [2.24, 2.45) is 16.6 Å². The zero-order chi connectivity index (χ0) is 17.7. The minimum atomic E-state index is -3.81. The van der Waals surface area contributed by atoms with Crippen molar-refractivity contribution in [1.29, 1.82) is 0 Å². The molecule has 1 aromatic rings. The van der Waals surface area contributed by atoms with Crippen molar-refractivity contribution < 1.29 is 12.8 Å². The molecule has 1 saturated heterocycles. The summed E-state index contributed by atoms with van der Waals surface area (Å²) >= 11 is 5.78. The molecule has 1 fully saturated rings. The van der Waals surface area contributed by atoms with Crippen LogP contribution in [0.2, 0.25) is 5.02 Å². The first-order valence-electron chi connectivity index (χ1n) is 7.79. The molecule has 1 unspecified atom stereocenters. The summed E-state index contributed by atoms with van der Waals surface area (Å²) in [5.41, 5.74) is 5.95. The van der Waals surface area contributed by atoms with Crippen molar-refractivity contribution >= 4 is 51.6 Å². The second-order valence-corrected chi connectivity index (χ2v) is 8.05. The van der Waals surface area contributed by atoms with Crippen LogP contribution in [0.15, 0.2) is 28.1 Å². The lowest BCUT2D eigenvalue weighted by Gasteiger charge is -2.31. The summed E-state index contributed by atoms with van der Waals surface area (Å²) in [4.78, 5) is 6.07. The molecule has 0 bridgehead atoms. The molecule has 1 aliphatic rings. The van der Waals surface area contributed by atoms with Gasteiger partial charge in [-0.25, -0.2) is 17.5 Å². The largest absolute Gasteiger partial charge is 0.370 e. The topological polar surface area (TPSA) is 87.8 Å². The zero-order valence-electron chi connectivity index (χ0n) is 13.9. The minimum Gasteiger partial charge on any atom is -0.370 e. The van der Waals surface area contributed by atoms with Gasteiger partial charge in [0, 0.05) is 19.6 Å². The number of aliphatic imine (C=N–C) groups is 1. The highest BCUT2D eigenvalue weighted by molar-refractivity contribution is 14.0. The number of piperidine rings is 1. The highest BCUT2D eigenvalue weighted by atomic mass is 127. The van der Waals surface area contributed by atoms with E-state index >= 15 is 0 Å². The summed E-state index contributed by atoms with van der Waals surface area (Å²) in [7, 11) is -3.81. The van der Waals surface area contributed by atoms with Gasteiger partial charge in [0.05, 0.1) is 11.6 Å². The molecule has 10 heteroatoms. The number of sulfonamides is 1. The van der Waals surface area contributed by atoms with Crippen LogP contribution in [-0.4, -0.2) is 45.5 Å². The number of nitrogens with zero attached hydrogens (tertiary/aromatic N) is 2. The van der Waals surface area contributed by atoms with Crippen LogP contribution in [0.3, 0.4) is 0 Å². The number of benzene rings is 1. The van der Waals surface area contributed by atoms with Crippen molar-refractivity contribution in [3.05, 3.63) is 29.0 Å². The van der Waals surface area contributed by atoms with Gasteiger partial charge in [0.2, 0.25) is 10.0 Å². The van der Waals surface area contributed by atoms with Crippen molar-refractivity contribution in [2.75, 3.05) is 26.2 Å². The summed E-state index contributed by atoms with van der Waals surface area (Å²) < 4.78 is 39.7. The Morgan fingerprint density at radius 2 is 2.24 bits per heavy atom. The molecular formula is C15H23ClFIN4O2S. The molecule has 1 aliphatic heterocycles. The second-order valence-electron chi connectivity index (χ2n) is 5.91. The van der Waals surface area contributed by atoms with Gasteiger partial charge in [-0.15, -0.1) is 24.0 Å². The quantitative estimate of drug-likeness (QED) is 0.279.